The van der Waals surface area contributed by atoms with E-state index in [-0.39, 0.29) is 0 Å². The average molecular weight is 269 g/mol. The van der Waals surface area contributed by atoms with Gasteiger partial charge in [0.15, 0.2) is 0 Å². The maximum atomic E-state index is 5.99. The molecule has 0 aromatic carbocycles. The molecule has 1 heterocycles. The van der Waals surface area contributed by atoms with Gasteiger partial charge in [0.2, 0.25) is 0 Å². The molecule has 1 aromatic heterocycles. The third kappa shape index (κ3) is 1.40. The van der Waals surface area contributed by atoms with Crippen LogP contribution in [0.3, 0.4) is 0 Å². The number of pyridine rings is 1. The highest BCUT2D eigenvalue weighted by molar-refractivity contribution is 5.32. The minimum atomic E-state index is 0.463. The van der Waals surface area contributed by atoms with Gasteiger partial charge in [0.25, 0.3) is 0 Å². The summed E-state index contributed by atoms with van der Waals surface area (Å²) in [7, 11) is 0. The predicted octanol–water partition coefficient (Wildman–Crippen LogP) is 2.24. The number of fused-ring (bicyclic) bond motifs is 6. The second kappa shape index (κ2) is 4.05. The van der Waals surface area contributed by atoms with Gasteiger partial charge in [0, 0.05) is 23.9 Å². The van der Waals surface area contributed by atoms with Crippen LogP contribution in [-0.4, -0.2) is 11.0 Å². The Morgan fingerprint density at radius 2 is 2.00 bits per heavy atom. The van der Waals surface area contributed by atoms with Crippen LogP contribution in [0.4, 0.5) is 0 Å². The summed E-state index contributed by atoms with van der Waals surface area (Å²) in [4.78, 5) is 4.67. The highest BCUT2D eigenvalue weighted by atomic mass is 15.2. The molecule has 6 unspecified atom stereocenters. The van der Waals surface area contributed by atoms with E-state index in [0.717, 1.165) is 29.6 Å². The number of hydrazine groups is 1. The predicted molar refractivity (Wildman–Crippen MR) is 77.7 cm³/mol. The minimum absolute atomic E-state index is 0.463. The molecular formula is C17H23N3. The SMILES string of the molecule is NNC(C1CCc2cccnc21)C1C2C3CCC(C3)C21. The van der Waals surface area contributed by atoms with Crippen molar-refractivity contribution >= 4 is 0 Å². The fourth-order valence-electron chi connectivity index (χ4n) is 6.16. The monoisotopic (exact) mass is 269 g/mol. The van der Waals surface area contributed by atoms with Gasteiger partial charge in [-0.25, -0.2) is 0 Å². The number of aryl methyl sites for hydroxylation is 1. The van der Waals surface area contributed by atoms with Crippen molar-refractivity contribution in [3.63, 3.8) is 0 Å². The van der Waals surface area contributed by atoms with Gasteiger partial charge in [-0.05, 0) is 73.3 Å². The second-order valence-corrected chi connectivity index (χ2v) is 7.45. The van der Waals surface area contributed by atoms with E-state index in [1.54, 1.807) is 0 Å². The molecule has 20 heavy (non-hydrogen) atoms. The van der Waals surface area contributed by atoms with Crippen molar-refractivity contribution in [3.05, 3.63) is 29.6 Å². The standard InChI is InChI=1S/C17H23N3/c18-20-17(12-6-5-9-2-1-7-19-16(9)12)15-13-10-3-4-11(8-10)14(13)15/h1-2,7,10-15,17,20H,3-6,8,18H2. The Morgan fingerprint density at radius 3 is 2.75 bits per heavy atom. The Hall–Kier alpha value is -0.930. The molecule has 0 radical (unpaired) electrons. The van der Waals surface area contributed by atoms with E-state index in [1.165, 1.54) is 43.4 Å². The molecule has 0 spiro atoms. The second-order valence-electron chi connectivity index (χ2n) is 7.45. The van der Waals surface area contributed by atoms with Crippen molar-refractivity contribution in [1.82, 2.24) is 10.4 Å². The van der Waals surface area contributed by atoms with Gasteiger partial charge in [-0.15, -0.1) is 0 Å². The van der Waals surface area contributed by atoms with Crippen LogP contribution in [0.15, 0.2) is 18.3 Å². The Balaban J connectivity index is 1.43. The fraction of sp³-hybridized carbons (Fsp3) is 0.706. The summed E-state index contributed by atoms with van der Waals surface area (Å²) in [5.74, 6) is 11.4. The van der Waals surface area contributed by atoms with Gasteiger partial charge in [0.1, 0.15) is 0 Å². The Morgan fingerprint density at radius 1 is 1.20 bits per heavy atom. The minimum Gasteiger partial charge on any atom is -0.271 e. The van der Waals surface area contributed by atoms with Crippen LogP contribution in [0, 0.1) is 29.6 Å². The maximum absolute atomic E-state index is 5.99. The van der Waals surface area contributed by atoms with Gasteiger partial charge in [-0.2, -0.15) is 0 Å². The van der Waals surface area contributed by atoms with Crippen molar-refractivity contribution in [1.29, 1.82) is 0 Å². The quantitative estimate of drug-likeness (QED) is 0.653. The molecule has 1 aromatic rings. The first-order valence-electron chi connectivity index (χ1n) is 8.28. The number of hydrogen-bond acceptors (Lipinski definition) is 3. The van der Waals surface area contributed by atoms with Crippen LogP contribution in [0.5, 0.6) is 0 Å². The summed E-state index contributed by atoms with van der Waals surface area (Å²) >= 11 is 0. The molecule has 3 fully saturated rings. The number of aromatic nitrogens is 1. The Labute approximate surface area is 120 Å². The molecule has 3 nitrogen and oxygen atoms in total. The molecular weight excluding hydrogens is 246 g/mol. The molecule has 106 valence electrons. The van der Waals surface area contributed by atoms with Gasteiger partial charge < -0.3 is 0 Å². The molecule has 0 aliphatic heterocycles. The van der Waals surface area contributed by atoms with E-state index in [9.17, 15) is 0 Å². The van der Waals surface area contributed by atoms with E-state index in [0.29, 0.717) is 12.0 Å². The summed E-state index contributed by atoms with van der Waals surface area (Å²) in [6, 6.07) is 4.77. The van der Waals surface area contributed by atoms with Crippen LogP contribution < -0.4 is 11.3 Å². The maximum Gasteiger partial charge on any atom is 0.0482 e. The van der Waals surface area contributed by atoms with Crippen LogP contribution in [0.2, 0.25) is 0 Å². The zero-order valence-corrected chi connectivity index (χ0v) is 11.8. The topological polar surface area (TPSA) is 50.9 Å². The highest BCUT2D eigenvalue weighted by Crippen LogP contribution is 2.71. The molecule has 0 saturated heterocycles. The largest absolute Gasteiger partial charge is 0.271 e. The normalized spacial score (nSPS) is 45.2. The molecule has 6 atom stereocenters. The molecule has 0 amide bonds. The molecule has 3 N–H and O–H groups in total. The van der Waals surface area contributed by atoms with Gasteiger partial charge in [0.05, 0.1) is 0 Å². The van der Waals surface area contributed by atoms with Gasteiger partial charge in [-0.1, -0.05) is 6.07 Å². The first kappa shape index (κ1) is 11.7. The van der Waals surface area contributed by atoms with Crippen molar-refractivity contribution in [3.8, 4) is 0 Å². The smallest absolute Gasteiger partial charge is 0.0482 e. The van der Waals surface area contributed by atoms with Crippen LogP contribution >= 0.6 is 0 Å². The Kier molecular flexibility index (Phi) is 2.37. The van der Waals surface area contributed by atoms with Crippen LogP contribution in [-0.2, 0) is 6.42 Å². The average Bonchev–Trinajstić information content (AvgIpc) is 2.86. The molecule has 2 bridgehead atoms. The number of nitrogens with one attached hydrogen (secondary N) is 1. The number of hydrogen-bond donors (Lipinski definition) is 2. The van der Waals surface area contributed by atoms with Crippen molar-refractivity contribution in [2.75, 3.05) is 0 Å². The van der Waals surface area contributed by atoms with Gasteiger partial charge in [-0.3, -0.25) is 16.3 Å². The van der Waals surface area contributed by atoms with E-state index in [1.807, 2.05) is 6.20 Å². The zero-order chi connectivity index (χ0) is 13.3. The summed E-state index contributed by atoms with van der Waals surface area (Å²) in [6.07, 6.45) is 8.84. The van der Waals surface area contributed by atoms with E-state index in [4.69, 9.17) is 5.84 Å². The van der Waals surface area contributed by atoms with Crippen molar-refractivity contribution in [2.24, 2.45) is 35.4 Å². The lowest BCUT2D eigenvalue weighted by atomic mass is 9.88. The summed E-state index contributed by atoms with van der Waals surface area (Å²) < 4.78 is 0. The van der Waals surface area contributed by atoms with E-state index in [2.05, 4.69) is 22.5 Å². The van der Waals surface area contributed by atoms with E-state index >= 15 is 0 Å². The number of rotatable bonds is 3. The van der Waals surface area contributed by atoms with Crippen molar-refractivity contribution in [2.45, 2.75) is 44.1 Å². The zero-order valence-electron chi connectivity index (χ0n) is 11.8. The highest BCUT2D eigenvalue weighted by Gasteiger charge is 2.67. The van der Waals surface area contributed by atoms with Crippen molar-refractivity contribution < 1.29 is 0 Å². The molecule has 3 saturated carbocycles. The van der Waals surface area contributed by atoms with Crippen LogP contribution in [0.1, 0.15) is 42.9 Å². The Bertz CT molecular complexity index is 527. The number of nitrogens with zero attached hydrogens (tertiary/aromatic N) is 1. The summed E-state index contributed by atoms with van der Waals surface area (Å²) in [5.41, 5.74) is 5.98. The first-order valence-corrected chi connectivity index (χ1v) is 8.28. The van der Waals surface area contributed by atoms with Gasteiger partial charge >= 0.3 is 0 Å². The first-order chi connectivity index (χ1) is 9.88. The fourth-order valence-corrected chi connectivity index (χ4v) is 6.16. The summed E-state index contributed by atoms with van der Waals surface area (Å²) in [5, 5.41) is 0. The summed E-state index contributed by atoms with van der Waals surface area (Å²) in [6.45, 7) is 0. The van der Waals surface area contributed by atoms with E-state index < -0.39 is 0 Å². The molecule has 3 heteroatoms. The number of nitrogens with two attached hydrogens (primary N) is 1. The molecule has 5 rings (SSSR count). The molecule has 4 aliphatic rings. The lowest BCUT2D eigenvalue weighted by molar-refractivity contribution is 0.321. The third-order valence-electron chi connectivity index (χ3n) is 6.84. The molecule has 4 aliphatic carbocycles. The lowest BCUT2D eigenvalue weighted by Gasteiger charge is -2.25. The third-order valence-corrected chi connectivity index (χ3v) is 6.84. The van der Waals surface area contributed by atoms with Crippen LogP contribution in [0.25, 0.3) is 0 Å². The lowest BCUT2D eigenvalue weighted by Crippen LogP contribution is -2.42.